The number of hydrogen-bond donors (Lipinski definition) is 1. The van der Waals surface area contributed by atoms with E-state index in [9.17, 15) is 9.90 Å². The first-order valence-electron chi connectivity index (χ1n) is 8.44. The monoisotopic (exact) mass is 298 g/mol. The second-order valence-electron chi connectivity index (χ2n) is 6.89. The van der Waals surface area contributed by atoms with E-state index in [-0.39, 0.29) is 23.6 Å². The van der Waals surface area contributed by atoms with Gasteiger partial charge in [0.15, 0.2) is 0 Å². The highest BCUT2D eigenvalue weighted by Gasteiger charge is 2.52. The predicted molar refractivity (Wildman–Crippen MR) is 80.8 cm³/mol. The third kappa shape index (κ3) is 3.59. The number of fused-ring (bicyclic) bond motifs is 1. The van der Waals surface area contributed by atoms with Crippen molar-refractivity contribution in [3.63, 3.8) is 0 Å². The van der Waals surface area contributed by atoms with Gasteiger partial charge in [-0.25, -0.2) is 0 Å². The largest absolute Gasteiger partial charge is 0.466 e. The smallest absolute Gasteiger partial charge is 0.308 e. The molecule has 2 rings (SSSR count). The molecule has 0 saturated heterocycles. The van der Waals surface area contributed by atoms with Gasteiger partial charge in [0.25, 0.3) is 0 Å². The first kappa shape index (κ1) is 16.8. The summed E-state index contributed by atoms with van der Waals surface area (Å²) in [4.78, 5) is 11.3. The van der Waals surface area contributed by atoms with Crippen LogP contribution in [0.5, 0.6) is 0 Å². The fraction of sp³-hybridized carbons (Fsp3) is 0.941. The van der Waals surface area contributed by atoms with Crippen LogP contribution in [0.4, 0.5) is 0 Å². The van der Waals surface area contributed by atoms with E-state index in [0.717, 1.165) is 25.7 Å². The minimum atomic E-state index is -0.187. The van der Waals surface area contributed by atoms with E-state index in [2.05, 4.69) is 13.8 Å². The van der Waals surface area contributed by atoms with E-state index in [1.54, 1.807) is 0 Å². The second-order valence-corrected chi connectivity index (χ2v) is 6.89. The Hall–Kier alpha value is -0.610. The van der Waals surface area contributed by atoms with Crippen molar-refractivity contribution in [2.75, 3.05) is 13.2 Å². The molecule has 2 saturated carbocycles. The van der Waals surface area contributed by atoms with Crippen LogP contribution < -0.4 is 0 Å². The van der Waals surface area contributed by atoms with Crippen molar-refractivity contribution in [2.24, 2.45) is 17.3 Å². The molecule has 122 valence electrons. The molecule has 0 spiro atoms. The number of esters is 1. The van der Waals surface area contributed by atoms with Crippen molar-refractivity contribution in [1.29, 1.82) is 0 Å². The van der Waals surface area contributed by atoms with E-state index in [1.807, 2.05) is 6.92 Å². The summed E-state index contributed by atoms with van der Waals surface area (Å²) in [7, 11) is 0. The number of carbonyl (C=O) groups is 1. The molecule has 0 unspecified atom stereocenters. The van der Waals surface area contributed by atoms with Crippen LogP contribution in [0.1, 0.15) is 59.3 Å². The summed E-state index contributed by atoms with van der Waals surface area (Å²) >= 11 is 0. The summed E-state index contributed by atoms with van der Waals surface area (Å²) in [6, 6.07) is 0. The fourth-order valence-corrected chi connectivity index (χ4v) is 4.64. The summed E-state index contributed by atoms with van der Waals surface area (Å²) in [6.07, 6.45) is 5.80. The van der Waals surface area contributed by atoms with Crippen LogP contribution in [0.15, 0.2) is 0 Å². The van der Waals surface area contributed by atoms with Crippen LogP contribution in [0.25, 0.3) is 0 Å². The van der Waals surface area contributed by atoms with Gasteiger partial charge in [-0.2, -0.15) is 0 Å². The normalized spacial score (nSPS) is 37.0. The Morgan fingerprint density at radius 1 is 1.38 bits per heavy atom. The van der Waals surface area contributed by atoms with Gasteiger partial charge in [0.1, 0.15) is 0 Å². The molecule has 0 bridgehead atoms. The topological polar surface area (TPSA) is 55.8 Å². The predicted octanol–water partition coefficient (Wildman–Crippen LogP) is 2.92. The molecule has 0 aromatic heterocycles. The number of carbonyl (C=O) groups excluding carboxylic acids is 1. The van der Waals surface area contributed by atoms with E-state index >= 15 is 0 Å². The zero-order valence-electron chi connectivity index (χ0n) is 13.6. The average molecular weight is 298 g/mol. The molecule has 0 heterocycles. The minimum Gasteiger partial charge on any atom is -0.466 e. The van der Waals surface area contributed by atoms with Crippen LogP contribution in [-0.2, 0) is 14.3 Å². The van der Waals surface area contributed by atoms with Crippen molar-refractivity contribution < 1.29 is 19.4 Å². The van der Waals surface area contributed by atoms with Gasteiger partial charge in [0, 0.05) is 0 Å². The number of hydrogen-bond acceptors (Lipinski definition) is 4. The SMILES string of the molecule is CCOC(=O)CCO[C@@H](C)[C@H]1CC[C@H]2[C@@H](O)CCC[C@]12C. The fourth-order valence-electron chi connectivity index (χ4n) is 4.64. The molecular formula is C17H30O4. The zero-order chi connectivity index (χ0) is 15.5. The lowest BCUT2D eigenvalue weighted by Gasteiger charge is -2.45. The molecule has 4 nitrogen and oxygen atoms in total. The molecule has 2 fully saturated rings. The Balaban J connectivity index is 1.85. The number of aliphatic hydroxyl groups excluding tert-OH is 1. The highest BCUT2D eigenvalue weighted by molar-refractivity contribution is 5.69. The highest BCUT2D eigenvalue weighted by Crippen LogP contribution is 2.56. The van der Waals surface area contributed by atoms with Crippen molar-refractivity contribution in [2.45, 2.75) is 71.5 Å². The minimum absolute atomic E-state index is 0.138. The highest BCUT2D eigenvalue weighted by atomic mass is 16.5. The lowest BCUT2D eigenvalue weighted by Crippen LogP contribution is -2.43. The molecular weight excluding hydrogens is 268 g/mol. The maximum absolute atomic E-state index is 11.3. The van der Waals surface area contributed by atoms with E-state index in [4.69, 9.17) is 9.47 Å². The van der Waals surface area contributed by atoms with Gasteiger partial charge in [0.2, 0.25) is 0 Å². The van der Waals surface area contributed by atoms with Crippen molar-refractivity contribution >= 4 is 5.97 Å². The van der Waals surface area contributed by atoms with E-state index in [0.29, 0.717) is 31.5 Å². The molecule has 0 radical (unpaired) electrons. The van der Waals surface area contributed by atoms with Crippen LogP contribution in [0.3, 0.4) is 0 Å². The van der Waals surface area contributed by atoms with Crippen LogP contribution in [0, 0.1) is 17.3 Å². The van der Waals surface area contributed by atoms with Crippen molar-refractivity contribution in [3.8, 4) is 0 Å². The Bertz CT molecular complexity index is 357. The van der Waals surface area contributed by atoms with Crippen molar-refractivity contribution in [3.05, 3.63) is 0 Å². The van der Waals surface area contributed by atoms with Gasteiger partial charge in [-0.05, 0) is 56.8 Å². The second kappa shape index (κ2) is 7.10. The lowest BCUT2D eigenvalue weighted by molar-refractivity contribution is -0.145. The molecule has 0 aromatic rings. The maximum atomic E-state index is 11.3. The Morgan fingerprint density at radius 3 is 2.86 bits per heavy atom. The van der Waals surface area contributed by atoms with Gasteiger partial charge < -0.3 is 14.6 Å². The molecule has 1 N–H and O–H groups in total. The van der Waals surface area contributed by atoms with Gasteiger partial charge in [-0.15, -0.1) is 0 Å². The number of ether oxygens (including phenoxy) is 2. The standard InChI is InChI=1S/C17H30O4/c1-4-20-16(19)9-11-21-12(2)13-7-8-14-15(18)6-5-10-17(13,14)3/h12-15,18H,4-11H2,1-3H3/t12-,13+,14-,15-,17+/m0/s1. The Kier molecular flexibility index (Phi) is 5.67. The molecule has 0 aliphatic heterocycles. The Labute approximate surface area is 128 Å². The van der Waals surface area contributed by atoms with Gasteiger partial charge in [0.05, 0.1) is 31.8 Å². The summed E-state index contributed by atoms with van der Waals surface area (Å²) in [6.45, 7) is 7.11. The quantitative estimate of drug-likeness (QED) is 0.766. The number of rotatable bonds is 6. The third-order valence-electron chi connectivity index (χ3n) is 5.72. The van der Waals surface area contributed by atoms with Crippen LogP contribution in [-0.4, -0.2) is 36.5 Å². The molecule has 21 heavy (non-hydrogen) atoms. The molecule has 2 aliphatic rings. The summed E-state index contributed by atoms with van der Waals surface area (Å²) in [5, 5.41) is 10.3. The molecule has 5 atom stereocenters. The molecule has 2 aliphatic carbocycles. The van der Waals surface area contributed by atoms with Crippen LogP contribution in [0.2, 0.25) is 0 Å². The first-order valence-corrected chi connectivity index (χ1v) is 8.44. The third-order valence-corrected chi connectivity index (χ3v) is 5.72. The zero-order valence-corrected chi connectivity index (χ0v) is 13.6. The van der Waals surface area contributed by atoms with E-state index < -0.39 is 0 Å². The first-order chi connectivity index (χ1) is 9.99. The van der Waals surface area contributed by atoms with Gasteiger partial charge >= 0.3 is 5.97 Å². The van der Waals surface area contributed by atoms with E-state index in [1.165, 1.54) is 6.42 Å². The molecule has 0 amide bonds. The summed E-state index contributed by atoms with van der Waals surface area (Å²) in [5.41, 5.74) is 0.195. The van der Waals surface area contributed by atoms with Gasteiger partial charge in [-0.3, -0.25) is 4.79 Å². The molecule has 4 heteroatoms. The van der Waals surface area contributed by atoms with Crippen LogP contribution >= 0.6 is 0 Å². The van der Waals surface area contributed by atoms with Gasteiger partial charge in [-0.1, -0.05) is 13.3 Å². The average Bonchev–Trinajstić information content (AvgIpc) is 2.77. The lowest BCUT2D eigenvalue weighted by atomic mass is 9.63. The summed E-state index contributed by atoms with van der Waals surface area (Å²) < 4.78 is 10.8. The Morgan fingerprint density at radius 2 is 2.14 bits per heavy atom. The number of aliphatic hydroxyl groups is 1. The maximum Gasteiger partial charge on any atom is 0.308 e. The molecule has 0 aromatic carbocycles. The summed E-state index contributed by atoms with van der Waals surface area (Å²) in [5.74, 6) is 0.723. The van der Waals surface area contributed by atoms with Crippen molar-refractivity contribution in [1.82, 2.24) is 0 Å².